The number of nitrogens with two attached hydrogens (primary N) is 1. The third kappa shape index (κ3) is 3.74. The number of nitrogen functional groups attached to an aromatic ring is 1. The maximum absolute atomic E-state index is 5.72. The molecule has 2 atom stereocenters. The number of hydrogen-bond donors (Lipinski definition) is 1. The van der Waals surface area contributed by atoms with Gasteiger partial charge in [-0.15, -0.1) is 0 Å². The SMILES string of the molecule is CC1CN(Cc2nc(N)nc(N(C)C)n2)CC(C)O1. The van der Waals surface area contributed by atoms with Gasteiger partial charge >= 0.3 is 0 Å². The van der Waals surface area contributed by atoms with Crippen molar-refractivity contribution in [2.45, 2.75) is 32.6 Å². The van der Waals surface area contributed by atoms with Crippen LogP contribution in [0.3, 0.4) is 0 Å². The van der Waals surface area contributed by atoms with Crippen LogP contribution in [-0.4, -0.2) is 59.2 Å². The summed E-state index contributed by atoms with van der Waals surface area (Å²) in [5, 5.41) is 0. The van der Waals surface area contributed by atoms with E-state index in [4.69, 9.17) is 10.5 Å². The molecule has 7 heteroatoms. The van der Waals surface area contributed by atoms with Crippen molar-refractivity contribution in [2.75, 3.05) is 37.8 Å². The quantitative estimate of drug-likeness (QED) is 0.832. The molecule has 1 aliphatic rings. The fourth-order valence-corrected chi connectivity index (χ4v) is 2.31. The van der Waals surface area contributed by atoms with Gasteiger partial charge in [-0.2, -0.15) is 15.0 Å². The number of hydrogen-bond acceptors (Lipinski definition) is 7. The van der Waals surface area contributed by atoms with E-state index in [-0.39, 0.29) is 18.2 Å². The average molecular weight is 266 g/mol. The van der Waals surface area contributed by atoms with Gasteiger partial charge in [-0.25, -0.2) is 0 Å². The first kappa shape index (κ1) is 14.0. The van der Waals surface area contributed by atoms with Gasteiger partial charge in [0, 0.05) is 27.2 Å². The first-order valence-electron chi connectivity index (χ1n) is 6.49. The summed E-state index contributed by atoms with van der Waals surface area (Å²) in [6.45, 7) is 6.59. The van der Waals surface area contributed by atoms with Crippen LogP contribution in [0.15, 0.2) is 0 Å². The second-order valence-corrected chi connectivity index (χ2v) is 5.26. The van der Waals surface area contributed by atoms with E-state index in [0.717, 1.165) is 13.1 Å². The van der Waals surface area contributed by atoms with Crippen molar-refractivity contribution in [1.82, 2.24) is 19.9 Å². The molecule has 0 bridgehead atoms. The Morgan fingerprint density at radius 2 is 1.84 bits per heavy atom. The minimum absolute atomic E-state index is 0.233. The van der Waals surface area contributed by atoms with Gasteiger partial charge in [0.2, 0.25) is 11.9 Å². The van der Waals surface area contributed by atoms with Crippen molar-refractivity contribution < 1.29 is 4.74 Å². The van der Waals surface area contributed by atoms with E-state index in [1.807, 2.05) is 19.0 Å². The zero-order valence-corrected chi connectivity index (χ0v) is 12.0. The molecule has 0 amide bonds. The molecule has 0 radical (unpaired) electrons. The molecule has 2 N–H and O–H groups in total. The Morgan fingerprint density at radius 3 is 2.42 bits per heavy atom. The van der Waals surface area contributed by atoms with E-state index in [1.54, 1.807) is 0 Å². The molecule has 1 saturated heterocycles. The topological polar surface area (TPSA) is 80.4 Å². The Hall–Kier alpha value is -1.47. The van der Waals surface area contributed by atoms with Crippen LogP contribution >= 0.6 is 0 Å². The molecule has 106 valence electrons. The molecule has 2 unspecified atom stereocenters. The van der Waals surface area contributed by atoms with Gasteiger partial charge in [0.1, 0.15) is 5.82 Å². The summed E-state index contributed by atoms with van der Waals surface area (Å²) in [4.78, 5) is 16.8. The fraction of sp³-hybridized carbons (Fsp3) is 0.750. The monoisotopic (exact) mass is 266 g/mol. The molecule has 2 rings (SSSR count). The van der Waals surface area contributed by atoms with Crippen LogP contribution in [0.25, 0.3) is 0 Å². The number of rotatable bonds is 3. The van der Waals surface area contributed by atoms with Gasteiger partial charge < -0.3 is 15.4 Å². The molecular formula is C12H22N6O. The van der Waals surface area contributed by atoms with Crippen molar-refractivity contribution >= 4 is 11.9 Å². The lowest BCUT2D eigenvalue weighted by Gasteiger charge is -2.34. The Labute approximate surface area is 113 Å². The van der Waals surface area contributed by atoms with Crippen LogP contribution in [0.4, 0.5) is 11.9 Å². The lowest BCUT2D eigenvalue weighted by Crippen LogP contribution is -2.45. The predicted octanol–water partition coefficient (Wildman–Crippen LogP) is 0.129. The number of ether oxygens (including phenoxy) is 1. The summed E-state index contributed by atoms with van der Waals surface area (Å²) in [5.74, 6) is 1.57. The molecule has 7 nitrogen and oxygen atoms in total. The van der Waals surface area contributed by atoms with Crippen LogP contribution in [0.2, 0.25) is 0 Å². The molecule has 1 aromatic rings. The summed E-state index contributed by atoms with van der Waals surface area (Å²) >= 11 is 0. The van der Waals surface area contributed by atoms with Gasteiger partial charge in [-0.05, 0) is 13.8 Å². The number of anilines is 2. The molecule has 19 heavy (non-hydrogen) atoms. The van der Waals surface area contributed by atoms with Crippen LogP contribution in [0.5, 0.6) is 0 Å². The van der Waals surface area contributed by atoms with Crippen LogP contribution < -0.4 is 10.6 Å². The van der Waals surface area contributed by atoms with Crippen molar-refractivity contribution in [1.29, 1.82) is 0 Å². The second kappa shape index (κ2) is 5.66. The summed E-state index contributed by atoms with van der Waals surface area (Å²) in [6, 6.07) is 0. The first-order valence-corrected chi connectivity index (χ1v) is 6.49. The molecule has 0 aromatic carbocycles. The Kier molecular flexibility index (Phi) is 4.16. The predicted molar refractivity (Wildman–Crippen MR) is 73.9 cm³/mol. The molecular weight excluding hydrogens is 244 g/mol. The first-order chi connectivity index (χ1) is 8.94. The van der Waals surface area contributed by atoms with E-state index in [9.17, 15) is 0 Å². The van der Waals surface area contributed by atoms with E-state index < -0.39 is 0 Å². The molecule has 1 aromatic heterocycles. The number of aromatic nitrogens is 3. The number of morpholine rings is 1. The van der Waals surface area contributed by atoms with E-state index in [2.05, 4.69) is 33.7 Å². The zero-order chi connectivity index (χ0) is 14.0. The normalized spacial score (nSPS) is 24.4. The minimum atomic E-state index is 0.233. The molecule has 1 aliphatic heterocycles. The number of nitrogens with zero attached hydrogens (tertiary/aromatic N) is 5. The third-order valence-electron chi connectivity index (χ3n) is 2.95. The Morgan fingerprint density at radius 1 is 1.21 bits per heavy atom. The molecule has 0 saturated carbocycles. The van der Waals surface area contributed by atoms with E-state index >= 15 is 0 Å². The van der Waals surface area contributed by atoms with Crippen molar-refractivity contribution in [2.24, 2.45) is 0 Å². The molecule has 2 heterocycles. The Bertz CT molecular complexity index is 428. The minimum Gasteiger partial charge on any atom is -0.373 e. The van der Waals surface area contributed by atoms with Crippen molar-refractivity contribution in [3.63, 3.8) is 0 Å². The lowest BCUT2D eigenvalue weighted by atomic mass is 10.2. The average Bonchev–Trinajstić information content (AvgIpc) is 2.26. The van der Waals surface area contributed by atoms with E-state index in [1.165, 1.54) is 0 Å². The Balaban J connectivity index is 2.10. The highest BCUT2D eigenvalue weighted by atomic mass is 16.5. The van der Waals surface area contributed by atoms with Crippen molar-refractivity contribution in [3.8, 4) is 0 Å². The van der Waals surface area contributed by atoms with E-state index in [0.29, 0.717) is 18.3 Å². The van der Waals surface area contributed by atoms with Gasteiger partial charge in [0.25, 0.3) is 0 Å². The molecule has 1 fully saturated rings. The highest BCUT2D eigenvalue weighted by Crippen LogP contribution is 2.14. The summed E-state index contributed by atoms with van der Waals surface area (Å²) in [6.07, 6.45) is 0.465. The van der Waals surface area contributed by atoms with Gasteiger partial charge in [-0.1, -0.05) is 0 Å². The third-order valence-corrected chi connectivity index (χ3v) is 2.95. The standard InChI is InChI=1S/C12H22N6O/c1-8-5-18(6-9(2)19-8)7-10-14-11(13)16-12(15-10)17(3)4/h8-9H,5-7H2,1-4H3,(H2,13,14,15,16). The van der Waals surface area contributed by atoms with Crippen LogP contribution in [0, 0.1) is 0 Å². The smallest absolute Gasteiger partial charge is 0.229 e. The largest absolute Gasteiger partial charge is 0.373 e. The highest BCUT2D eigenvalue weighted by Gasteiger charge is 2.23. The molecule has 0 aliphatic carbocycles. The van der Waals surface area contributed by atoms with Crippen LogP contribution in [0.1, 0.15) is 19.7 Å². The summed E-state index contributed by atoms with van der Waals surface area (Å²) in [7, 11) is 3.77. The molecule has 0 spiro atoms. The van der Waals surface area contributed by atoms with Crippen molar-refractivity contribution in [3.05, 3.63) is 5.82 Å². The van der Waals surface area contributed by atoms with Gasteiger partial charge in [0.15, 0.2) is 0 Å². The fourth-order valence-electron chi connectivity index (χ4n) is 2.31. The highest BCUT2D eigenvalue weighted by molar-refractivity contribution is 5.32. The summed E-state index contributed by atoms with van der Waals surface area (Å²) in [5.41, 5.74) is 5.72. The maximum atomic E-state index is 5.72. The second-order valence-electron chi connectivity index (χ2n) is 5.26. The van der Waals surface area contributed by atoms with Gasteiger partial charge in [0.05, 0.1) is 18.8 Å². The zero-order valence-electron chi connectivity index (χ0n) is 12.0. The van der Waals surface area contributed by atoms with Gasteiger partial charge in [-0.3, -0.25) is 4.90 Å². The summed E-state index contributed by atoms with van der Waals surface area (Å²) < 4.78 is 5.71. The van der Waals surface area contributed by atoms with Crippen LogP contribution in [-0.2, 0) is 11.3 Å². The maximum Gasteiger partial charge on any atom is 0.229 e. The lowest BCUT2D eigenvalue weighted by molar-refractivity contribution is -0.0710.